The molecular formula is C19H23ClO6S. The van der Waals surface area contributed by atoms with Gasteiger partial charge in [0.05, 0.1) is 36.4 Å². The quantitative estimate of drug-likeness (QED) is 0.689. The van der Waals surface area contributed by atoms with E-state index in [0.717, 1.165) is 5.56 Å². The Balaban J connectivity index is 1.93. The van der Waals surface area contributed by atoms with Gasteiger partial charge < -0.3 is 14.2 Å². The maximum Gasteiger partial charge on any atom is 0.335 e. The lowest BCUT2D eigenvalue weighted by Gasteiger charge is -2.33. The van der Waals surface area contributed by atoms with Crippen molar-refractivity contribution >= 4 is 27.4 Å². The van der Waals surface area contributed by atoms with Crippen LogP contribution >= 0.6 is 11.6 Å². The Morgan fingerprint density at radius 3 is 2.67 bits per heavy atom. The molecule has 1 aromatic rings. The first-order chi connectivity index (χ1) is 12.8. The molecule has 1 saturated heterocycles. The van der Waals surface area contributed by atoms with Crippen LogP contribution in [0.3, 0.4) is 0 Å². The number of rotatable bonds is 5. The van der Waals surface area contributed by atoms with E-state index < -0.39 is 26.8 Å². The van der Waals surface area contributed by atoms with Gasteiger partial charge in [-0.05, 0) is 49.6 Å². The molecule has 1 heterocycles. The van der Waals surface area contributed by atoms with Crippen molar-refractivity contribution in [2.24, 2.45) is 0 Å². The van der Waals surface area contributed by atoms with Gasteiger partial charge in [0.15, 0.2) is 15.6 Å². The number of sulfone groups is 1. The standard InChI is InChI=1S/C19H23ClO6S/c1-3-24-18(21)16-11-19(25-8-9-26-19)7-6-17(16)27(22,23)12-14-4-5-15(20)10-13(14)2/h4-5,10-11,17H,3,6-9,12H2,1-2H3. The van der Waals surface area contributed by atoms with Crippen molar-refractivity contribution in [1.29, 1.82) is 0 Å². The van der Waals surface area contributed by atoms with Crippen molar-refractivity contribution in [2.45, 2.75) is 43.5 Å². The van der Waals surface area contributed by atoms with Gasteiger partial charge in [0.25, 0.3) is 0 Å². The van der Waals surface area contributed by atoms with Crippen LogP contribution in [0.15, 0.2) is 29.8 Å². The van der Waals surface area contributed by atoms with E-state index in [0.29, 0.717) is 30.2 Å². The van der Waals surface area contributed by atoms with Gasteiger partial charge in [-0.1, -0.05) is 17.7 Å². The number of carbonyl (C=O) groups is 1. The molecule has 0 amide bonds. The van der Waals surface area contributed by atoms with Crippen LogP contribution in [0.25, 0.3) is 0 Å². The van der Waals surface area contributed by atoms with Gasteiger partial charge in [0.1, 0.15) is 0 Å². The second-order valence-electron chi connectivity index (χ2n) is 6.73. The number of esters is 1. The Morgan fingerprint density at radius 2 is 2.04 bits per heavy atom. The molecule has 6 nitrogen and oxygen atoms in total. The highest BCUT2D eigenvalue weighted by Crippen LogP contribution is 2.38. The van der Waals surface area contributed by atoms with E-state index in [2.05, 4.69) is 0 Å². The van der Waals surface area contributed by atoms with Gasteiger partial charge in [-0.25, -0.2) is 13.2 Å². The molecule has 1 spiro atoms. The third-order valence-electron chi connectivity index (χ3n) is 4.86. The molecule has 27 heavy (non-hydrogen) atoms. The zero-order chi connectivity index (χ0) is 19.7. The SMILES string of the molecule is CCOC(=O)C1=CC2(CCC1S(=O)(=O)Cc1ccc(Cl)cc1C)OCCO2. The van der Waals surface area contributed by atoms with Crippen LogP contribution < -0.4 is 0 Å². The molecule has 1 atom stereocenters. The molecule has 1 aliphatic heterocycles. The Morgan fingerprint density at radius 1 is 1.33 bits per heavy atom. The lowest BCUT2D eigenvalue weighted by atomic mass is 9.94. The van der Waals surface area contributed by atoms with Gasteiger partial charge in [-0.3, -0.25) is 0 Å². The largest absolute Gasteiger partial charge is 0.463 e. The molecule has 3 rings (SSSR count). The highest BCUT2D eigenvalue weighted by atomic mass is 35.5. The van der Waals surface area contributed by atoms with E-state index in [1.54, 1.807) is 25.1 Å². The van der Waals surface area contributed by atoms with Crippen LogP contribution in [-0.2, 0) is 34.6 Å². The zero-order valence-electron chi connectivity index (χ0n) is 15.4. The number of benzene rings is 1. The first-order valence-corrected chi connectivity index (χ1v) is 11.0. The molecule has 2 aliphatic rings. The third kappa shape index (κ3) is 4.37. The summed E-state index contributed by atoms with van der Waals surface area (Å²) < 4.78 is 42.7. The molecular weight excluding hydrogens is 392 g/mol. The predicted molar refractivity (Wildman–Crippen MR) is 101 cm³/mol. The lowest BCUT2D eigenvalue weighted by molar-refractivity contribution is -0.143. The zero-order valence-corrected chi connectivity index (χ0v) is 16.9. The van der Waals surface area contributed by atoms with E-state index in [9.17, 15) is 13.2 Å². The summed E-state index contributed by atoms with van der Waals surface area (Å²) in [7, 11) is -3.65. The average Bonchev–Trinajstić information content (AvgIpc) is 3.05. The first kappa shape index (κ1) is 20.3. The summed E-state index contributed by atoms with van der Waals surface area (Å²) in [5.74, 6) is -1.84. The smallest absolute Gasteiger partial charge is 0.335 e. The summed E-state index contributed by atoms with van der Waals surface area (Å²) in [6.07, 6.45) is 2.11. The highest BCUT2D eigenvalue weighted by Gasteiger charge is 2.45. The van der Waals surface area contributed by atoms with Crippen LogP contribution in [0.5, 0.6) is 0 Å². The highest BCUT2D eigenvalue weighted by molar-refractivity contribution is 7.91. The second kappa shape index (κ2) is 7.91. The van der Waals surface area contributed by atoms with E-state index in [4.69, 9.17) is 25.8 Å². The lowest BCUT2D eigenvalue weighted by Crippen LogP contribution is -2.41. The van der Waals surface area contributed by atoms with Crippen molar-refractivity contribution in [3.63, 3.8) is 0 Å². The second-order valence-corrected chi connectivity index (χ2v) is 9.35. The summed E-state index contributed by atoms with van der Waals surface area (Å²) >= 11 is 5.96. The monoisotopic (exact) mass is 414 g/mol. The normalized spacial score (nSPS) is 21.9. The van der Waals surface area contributed by atoms with Crippen LogP contribution in [-0.4, -0.2) is 45.2 Å². The number of ether oxygens (including phenoxy) is 3. The number of hydrogen-bond donors (Lipinski definition) is 0. The fourth-order valence-electron chi connectivity index (χ4n) is 3.50. The molecule has 0 bridgehead atoms. The molecule has 0 saturated carbocycles. The molecule has 0 N–H and O–H groups in total. The molecule has 0 radical (unpaired) electrons. The Kier molecular flexibility index (Phi) is 5.96. The minimum Gasteiger partial charge on any atom is -0.463 e. The van der Waals surface area contributed by atoms with Crippen LogP contribution in [0.2, 0.25) is 5.02 Å². The maximum absolute atomic E-state index is 13.2. The van der Waals surface area contributed by atoms with E-state index >= 15 is 0 Å². The van der Waals surface area contributed by atoms with Crippen molar-refractivity contribution in [3.05, 3.63) is 46.0 Å². The molecule has 1 aromatic carbocycles. The number of hydrogen-bond acceptors (Lipinski definition) is 6. The fourth-order valence-corrected chi connectivity index (χ4v) is 5.72. The summed E-state index contributed by atoms with van der Waals surface area (Å²) in [6, 6.07) is 5.10. The molecule has 148 valence electrons. The summed E-state index contributed by atoms with van der Waals surface area (Å²) in [6.45, 7) is 4.48. The average molecular weight is 415 g/mol. The van der Waals surface area contributed by atoms with Crippen molar-refractivity contribution in [3.8, 4) is 0 Å². The van der Waals surface area contributed by atoms with Crippen LogP contribution in [0, 0.1) is 6.92 Å². The Bertz CT molecular complexity index is 855. The van der Waals surface area contributed by atoms with Crippen LogP contribution in [0.4, 0.5) is 0 Å². The van der Waals surface area contributed by atoms with E-state index in [-0.39, 0.29) is 24.4 Å². The topological polar surface area (TPSA) is 78.9 Å². The molecule has 1 unspecified atom stereocenters. The number of aryl methyl sites for hydroxylation is 1. The summed E-state index contributed by atoms with van der Waals surface area (Å²) in [4.78, 5) is 12.5. The molecule has 1 aliphatic carbocycles. The van der Waals surface area contributed by atoms with Gasteiger partial charge >= 0.3 is 5.97 Å². The Labute approximate surface area is 164 Å². The maximum atomic E-state index is 13.2. The van der Waals surface area contributed by atoms with E-state index in [1.807, 2.05) is 6.92 Å². The molecule has 0 aromatic heterocycles. The number of carbonyl (C=O) groups excluding carboxylic acids is 1. The number of halogens is 1. The predicted octanol–water partition coefficient (Wildman–Crippen LogP) is 2.96. The van der Waals surface area contributed by atoms with Gasteiger partial charge in [0.2, 0.25) is 0 Å². The van der Waals surface area contributed by atoms with Crippen molar-refractivity contribution < 1.29 is 27.4 Å². The van der Waals surface area contributed by atoms with Gasteiger partial charge in [-0.15, -0.1) is 0 Å². The summed E-state index contributed by atoms with van der Waals surface area (Å²) in [5, 5.41) is -0.402. The van der Waals surface area contributed by atoms with Crippen molar-refractivity contribution in [2.75, 3.05) is 19.8 Å². The minimum atomic E-state index is -3.65. The first-order valence-electron chi connectivity index (χ1n) is 8.91. The Hall–Kier alpha value is -1.41. The third-order valence-corrected chi connectivity index (χ3v) is 7.16. The van der Waals surface area contributed by atoms with Gasteiger partial charge in [0, 0.05) is 11.4 Å². The van der Waals surface area contributed by atoms with E-state index in [1.165, 1.54) is 6.08 Å². The van der Waals surface area contributed by atoms with Crippen LogP contribution in [0.1, 0.15) is 30.9 Å². The van der Waals surface area contributed by atoms with Gasteiger partial charge in [-0.2, -0.15) is 0 Å². The minimum absolute atomic E-state index is 0.0941. The molecule has 8 heteroatoms. The fraction of sp³-hybridized carbons (Fsp3) is 0.526. The van der Waals surface area contributed by atoms with Crippen molar-refractivity contribution in [1.82, 2.24) is 0 Å². The molecule has 1 fully saturated rings. The summed E-state index contributed by atoms with van der Waals surface area (Å²) in [5.41, 5.74) is 1.55.